The molecule has 1 aromatic rings. The molecule has 1 N–H and O–H groups in total. The van der Waals surface area contributed by atoms with E-state index in [1.54, 1.807) is 6.07 Å². The Morgan fingerprint density at radius 1 is 1.20 bits per heavy atom. The molecule has 1 aromatic carbocycles. The summed E-state index contributed by atoms with van der Waals surface area (Å²) in [5.74, 6) is 0.180. The van der Waals surface area contributed by atoms with E-state index in [1.165, 1.54) is 4.90 Å². The van der Waals surface area contributed by atoms with Gasteiger partial charge in [0, 0.05) is 19.1 Å². The molecule has 1 aliphatic rings. The quantitative estimate of drug-likeness (QED) is 0.632. The van der Waals surface area contributed by atoms with Gasteiger partial charge in [0.05, 0.1) is 43.8 Å². The molecule has 1 aliphatic heterocycles. The predicted molar refractivity (Wildman–Crippen MR) is 113 cm³/mol. The summed E-state index contributed by atoms with van der Waals surface area (Å²) in [6, 6.07) is 11.5. The van der Waals surface area contributed by atoms with Crippen LogP contribution in [0.1, 0.15) is 39.5 Å². The number of para-hydroxylation sites is 2. The number of nitrogens with one attached hydrogen (secondary N) is 1. The summed E-state index contributed by atoms with van der Waals surface area (Å²) in [6.45, 7) is 4.90. The Labute approximate surface area is 178 Å². The second kappa shape index (κ2) is 11.7. The lowest BCUT2D eigenvalue weighted by Crippen LogP contribution is -2.53. The van der Waals surface area contributed by atoms with Crippen LogP contribution in [0, 0.1) is 22.7 Å². The fourth-order valence-electron chi connectivity index (χ4n) is 3.37. The van der Waals surface area contributed by atoms with Crippen molar-refractivity contribution in [3.8, 4) is 17.9 Å². The molecule has 0 saturated carbocycles. The van der Waals surface area contributed by atoms with Gasteiger partial charge < -0.3 is 19.9 Å². The third-order valence-corrected chi connectivity index (χ3v) is 5.15. The maximum absolute atomic E-state index is 12.9. The van der Waals surface area contributed by atoms with Gasteiger partial charge in [-0.1, -0.05) is 26.0 Å². The van der Waals surface area contributed by atoms with Crippen LogP contribution in [0.2, 0.25) is 0 Å². The van der Waals surface area contributed by atoms with Gasteiger partial charge in [0.1, 0.15) is 5.75 Å². The summed E-state index contributed by atoms with van der Waals surface area (Å²) in [5.41, 5.74) is 0.748. The van der Waals surface area contributed by atoms with Crippen LogP contribution in [-0.4, -0.2) is 55.0 Å². The summed E-state index contributed by atoms with van der Waals surface area (Å²) in [6.07, 6.45) is 1.36. The number of benzene rings is 1. The normalized spacial score (nSPS) is 14.8. The highest BCUT2D eigenvalue weighted by Crippen LogP contribution is 2.33. The third-order valence-electron chi connectivity index (χ3n) is 5.15. The van der Waals surface area contributed by atoms with E-state index >= 15 is 0 Å². The molecule has 0 fully saturated rings. The molecule has 2 rings (SSSR count). The minimum atomic E-state index is -0.722. The van der Waals surface area contributed by atoms with Crippen LogP contribution in [0.25, 0.3) is 0 Å². The van der Waals surface area contributed by atoms with Crippen molar-refractivity contribution in [3.63, 3.8) is 0 Å². The van der Waals surface area contributed by atoms with Crippen molar-refractivity contribution >= 4 is 17.5 Å². The molecule has 30 heavy (non-hydrogen) atoms. The van der Waals surface area contributed by atoms with Crippen LogP contribution in [0.15, 0.2) is 24.3 Å². The first-order valence-corrected chi connectivity index (χ1v) is 10.4. The van der Waals surface area contributed by atoms with Gasteiger partial charge in [-0.05, 0) is 25.0 Å². The van der Waals surface area contributed by atoms with E-state index in [1.807, 2.05) is 49.1 Å². The minimum absolute atomic E-state index is 0.0476. The fraction of sp³-hybridized carbons (Fsp3) is 0.545. The molecule has 1 unspecified atom stereocenters. The van der Waals surface area contributed by atoms with Crippen LogP contribution in [0.4, 0.5) is 5.69 Å². The SMILES string of the molecule is CCC(CC)NC(=O)C1CN(CC(=O)N(CCC#N)CCC#N)c2ccccc2O1. The largest absolute Gasteiger partial charge is 0.477 e. The standard InChI is InChI=1S/C22H29N5O3/c1-3-17(4-2)25-22(29)20-15-27(18-9-5-6-10-19(18)30-20)16-21(28)26(13-7-11-23)14-8-12-24/h5-6,9-10,17,20H,3-4,7-8,13-16H2,1-2H3,(H,25,29). The number of nitriles is 2. The molecular formula is C22H29N5O3. The number of ether oxygens (including phenoxy) is 1. The van der Waals surface area contributed by atoms with Gasteiger partial charge in [-0.2, -0.15) is 10.5 Å². The Kier molecular flexibility index (Phi) is 8.96. The highest BCUT2D eigenvalue weighted by molar-refractivity contribution is 5.86. The van der Waals surface area contributed by atoms with Crippen molar-refractivity contribution < 1.29 is 14.3 Å². The van der Waals surface area contributed by atoms with E-state index in [0.717, 1.165) is 18.5 Å². The molecular weight excluding hydrogens is 382 g/mol. The fourth-order valence-corrected chi connectivity index (χ4v) is 3.37. The molecule has 0 radical (unpaired) electrons. The Balaban J connectivity index is 2.16. The van der Waals surface area contributed by atoms with Gasteiger partial charge in [0.2, 0.25) is 5.91 Å². The molecule has 1 heterocycles. The first kappa shape index (κ1) is 23.0. The van der Waals surface area contributed by atoms with Crippen molar-refractivity contribution in [2.45, 2.75) is 51.7 Å². The topological polar surface area (TPSA) is 109 Å². The van der Waals surface area contributed by atoms with Gasteiger partial charge in [-0.3, -0.25) is 9.59 Å². The molecule has 2 amide bonds. The van der Waals surface area contributed by atoms with Crippen molar-refractivity contribution in [1.29, 1.82) is 10.5 Å². The highest BCUT2D eigenvalue weighted by Gasteiger charge is 2.32. The van der Waals surface area contributed by atoms with Crippen molar-refractivity contribution in [1.82, 2.24) is 10.2 Å². The maximum atomic E-state index is 12.9. The van der Waals surface area contributed by atoms with E-state index in [9.17, 15) is 9.59 Å². The number of carbonyl (C=O) groups is 2. The first-order chi connectivity index (χ1) is 14.5. The van der Waals surface area contributed by atoms with Crippen LogP contribution in [0.3, 0.4) is 0 Å². The van der Waals surface area contributed by atoms with Crippen LogP contribution in [-0.2, 0) is 9.59 Å². The second-order valence-corrected chi connectivity index (χ2v) is 7.17. The number of nitrogens with zero attached hydrogens (tertiary/aromatic N) is 4. The maximum Gasteiger partial charge on any atom is 0.263 e. The van der Waals surface area contributed by atoms with Crippen LogP contribution >= 0.6 is 0 Å². The number of anilines is 1. The number of amides is 2. The molecule has 0 aliphatic carbocycles. The molecule has 8 heteroatoms. The van der Waals surface area contributed by atoms with Crippen LogP contribution < -0.4 is 15.0 Å². The van der Waals surface area contributed by atoms with Crippen molar-refractivity contribution in [2.75, 3.05) is 31.1 Å². The number of hydrogen-bond acceptors (Lipinski definition) is 6. The van der Waals surface area contributed by atoms with Crippen molar-refractivity contribution in [2.24, 2.45) is 0 Å². The number of rotatable bonds is 10. The zero-order valence-corrected chi connectivity index (χ0v) is 17.6. The van der Waals surface area contributed by atoms with Gasteiger partial charge in [-0.25, -0.2) is 0 Å². The minimum Gasteiger partial charge on any atom is -0.477 e. The number of carbonyl (C=O) groups excluding carboxylic acids is 2. The summed E-state index contributed by atoms with van der Waals surface area (Å²) >= 11 is 0. The van der Waals surface area contributed by atoms with Gasteiger partial charge in [0.25, 0.3) is 5.91 Å². The highest BCUT2D eigenvalue weighted by atomic mass is 16.5. The lowest BCUT2D eigenvalue weighted by Gasteiger charge is -2.36. The van der Waals surface area contributed by atoms with Gasteiger partial charge in [-0.15, -0.1) is 0 Å². The second-order valence-electron chi connectivity index (χ2n) is 7.17. The number of fused-ring (bicyclic) bond motifs is 1. The van der Waals surface area contributed by atoms with Gasteiger partial charge >= 0.3 is 0 Å². The van der Waals surface area contributed by atoms with E-state index in [-0.39, 0.29) is 56.9 Å². The first-order valence-electron chi connectivity index (χ1n) is 10.4. The monoisotopic (exact) mass is 411 g/mol. The zero-order chi connectivity index (χ0) is 21.9. The summed E-state index contributed by atoms with van der Waals surface area (Å²) in [5, 5.41) is 20.7. The summed E-state index contributed by atoms with van der Waals surface area (Å²) < 4.78 is 5.92. The molecule has 0 aromatic heterocycles. The predicted octanol–water partition coefficient (Wildman–Crippen LogP) is 2.21. The molecule has 0 spiro atoms. The van der Waals surface area contributed by atoms with E-state index in [2.05, 4.69) is 5.32 Å². The Morgan fingerprint density at radius 3 is 2.43 bits per heavy atom. The Morgan fingerprint density at radius 2 is 1.83 bits per heavy atom. The Hall–Kier alpha value is -3.26. The third kappa shape index (κ3) is 6.12. The number of hydrogen-bond donors (Lipinski definition) is 1. The lowest BCUT2D eigenvalue weighted by atomic mass is 10.1. The summed E-state index contributed by atoms with van der Waals surface area (Å²) in [4.78, 5) is 29.0. The average molecular weight is 412 g/mol. The van der Waals surface area contributed by atoms with Crippen LogP contribution in [0.5, 0.6) is 5.75 Å². The average Bonchev–Trinajstić information content (AvgIpc) is 2.77. The van der Waals surface area contributed by atoms with Crippen molar-refractivity contribution in [3.05, 3.63) is 24.3 Å². The molecule has 1 atom stereocenters. The molecule has 8 nitrogen and oxygen atoms in total. The molecule has 160 valence electrons. The van der Waals surface area contributed by atoms with E-state index < -0.39 is 6.10 Å². The lowest BCUT2D eigenvalue weighted by molar-refractivity contribution is -0.131. The smallest absolute Gasteiger partial charge is 0.263 e. The Bertz CT molecular complexity index is 792. The van der Waals surface area contributed by atoms with Gasteiger partial charge in [0.15, 0.2) is 6.10 Å². The molecule has 0 saturated heterocycles. The van der Waals surface area contributed by atoms with E-state index in [4.69, 9.17) is 15.3 Å². The summed E-state index contributed by atoms with van der Waals surface area (Å²) in [7, 11) is 0. The molecule has 0 bridgehead atoms. The van der Waals surface area contributed by atoms with E-state index in [0.29, 0.717) is 5.75 Å². The zero-order valence-electron chi connectivity index (χ0n) is 17.6.